The zero-order valence-corrected chi connectivity index (χ0v) is 11.2. The Morgan fingerprint density at radius 1 is 1.05 bits per heavy atom. The number of nitrogens with zero attached hydrogens (tertiary/aromatic N) is 2. The van der Waals surface area contributed by atoms with Gasteiger partial charge in [-0.3, -0.25) is 0 Å². The number of aromatic nitrogens is 2. The molecule has 3 aromatic rings. The minimum absolute atomic E-state index is 0.690. The summed E-state index contributed by atoms with van der Waals surface area (Å²) in [6.45, 7) is 2.85. The lowest BCUT2D eigenvalue weighted by Gasteiger charge is -2.07. The lowest BCUT2D eigenvalue weighted by molar-refractivity contribution is 0.580. The number of benzene rings is 1. The van der Waals surface area contributed by atoms with Crippen LogP contribution in [0.1, 0.15) is 6.92 Å². The molecule has 4 heteroatoms. The zero-order chi connectivity index (χ0) is 13.8. The van der Waals surface area contributed by atoms with Gasteiger partial charge < -0.3 is 9.73 Å². The molecule has 0 spiro atoms. The Morgan fingerprint density at radius 3 is 2.60 bits per heavy atom. The SMILES string of the molecule is CCNc1cc(-c2ccco2)nc(-c2ccccc2)n1. The normalized spacial score (nSPS) is 10.4. The molecule has 0 aliphatic carbocycles. The van der Waals surface area contributed by atoms with Gasteiger partial charge >= 0.3 is 0 Å². The smallest absolute Gasteiger partial charge is 0.162 e. The maximum absolute atomic E-state index is 5.43. The van der Waals surface area contributed by atoms with Crippen LogP contribution >= 0.6 is 0 Å². The van der Waals surface area contributed by atoms with Crippen LogP contribution in [0.4, 0.5) is 5.82 Å². The van der Waals surface area contributed by atoms with Crippen LogP contribution in [-0.2, 0) is 0 Å². The maximum Gasteiger partial charge on any atom is 0.162 e. The van der Waals surface area contributed by atoms with Crippen molar-refractivity contribution in [3.63, 3.8) is 0 Å². The lowest BCUT2D eigenvalue weighted by atomic mass is 10.2. The molecule has 20 heavy (non-hydrogen) atoms. The van der Waals surface area contributed by atoms with Gasteiger partial charge in [-0.25, -0.2) is 9.97 Å². The number of anilines is 1. The summed E-state index contributed by atoms with van der Waals surface area (Å²) in [5.41, 5.74) is 1.76. The van der Waals surface area contributed by atoms with Gasteiger partial charge in [-0.2, -0.15) is 0 Å². The Labute approximate surface area is 117 Å². The summed E-state index contributed by atoms with van der Waals surface area (Å²) in [6.07, 6.45) is 1.65. The Balaban J connectivity index is 2.10. The molecule has 0 unspecified atom stereocenters. The third-order valence-corrected chi connectivity index (χ3v) is 2.89. The van der Waals surface area contributed by atoms with Crippen molar-refractivity contribution < 1.29 is 4.42 Å². The van der Waals surface area contributed by atoms with Gasteiger partial charge in [0.2, 0.25) is 0 Å². The molecular weight excluding hydrogens is 250 g/mol. The molecule has 3 rings (SSSR count). The van der Waals surface area contributed by atoms with Gasteiger partial charge in [0.15, 0.2) is 11.6 Å². The molecule has 0 atom stereocenters. The molecule has 0 saturated carbocycles. The molecule has 0 bridgehead atoms. The first kappa shape index (κ1) is 12.4. The Hall–Kier alpha value is -2.62. The van der Waals surface area contributed by atoms with E-state index in [-0.39, 0.29) is 0 Å². The van der Waals surface area contributed by atoms with Crippen molar-refractivity contribution in [1.29, 1.82) is 0 Å². The van der Waals surface area contributed by atoms with Gasteiger partial charge in [0.1, 0.15) is 11.5 Å². The van der Waals surface area contributed by atoms with E-state index in [1.54, 1.807) is 6.26 Å². The summed E-state index contributed by atoms with van der Waals surface area (Å²) in [6, 6.07) is 15.6. The molecule has 4 nitrogen and oxygen atoms in total. The molecule has 2 heterocycles. The standard InChI is InChI=1S/C16H15N3O/c1-2-17-15-11-13(14-9-6-10-20-14)18-16(19-15)12-7-4-3-5-8-12/h3-11H,2H2,1H3,(H,17,18,19). The van der Waals surface area contributed by atoms with Crippen LogP contribution in [0, 0.1) is 0 Å². The largest absolute Gasteiger partial charge is 0.463 e. The first-order chi connectivity index (χ1) is 9.86. The Morgan fingerprint density at radius 2 is 1.90 bits per heavy atom. The summed E-state index contributed by atoms with van der Waals surface area (Å²) in [5.74, 6) is 2.23. The molecule has 0 saturated heterocycles. The van der Waals surface area contributed by atoms with Crippen LogP contribution in [0.15, 0.2) is 59.2 Å². The van der Waals surface area contributed by atoms with E-state index in [9.17, 15) is 0 Å². The average Bonchev–Trinajstić information content (AvgIpc) is 3.02. The van der Waals surface area contributed by atoms with Crippen LogP contribution in [0.3, 0.4) is 0 Å². The molecule has 0 amide bonds. The fraction of sp³-hybridized carbons (Fsp3) is 0.125. The zero-order valence-electron chi connectivity index (χ0n) is 11.2. The van der Waals surface area contributed by atoms with Crippen molar-refractivity contribution in [2.75, 3.05) is 11.9 Å². The molecule has 0 fully saturated rings. The highest BCUT2D eigenvalue weighted by atomic mass is 16.3. The fourth-order valence-corrected chi connectivity index (χ4v) is 1.99. The van der Waals surface area contributed by atoms with Crippen LogP contribution in [0.2, 0.25) is 0 Å². The van der Waals surface area contributed by atoms with E-state index in [0.717, 1.165) is 29.4 Å². The van der Waals surface area contributed by atoms with E-state index in [2.05, 4.69) is 15.3 Å². The van der Waals surface area contributed by atoms with Crippen LogP contribution in [-0.4, -0.2) is 16.5 Å². The van der Waals surface area contributed by atoms with E-state index >= 15 is 0 Å². The molecule has 100 valence electrons. The second-order valence-electron chi connectivity index (χ2n) is 4.34. The van der Waals surface area contributed by atoms with Gasteiger partial charge in [0.25, 0.3) is 0 Å². The maximum atomic E-state index is 5.43. The number of rotatable bonds is 4. The quantitative estimate of drug-likeness (QED) is 0.778. The number of nitrogens with one attached hydrogen (secondary N) is 1. The third kappa shape index (κ3) is 2.54. The van der Waals surface area contributed by atoms with Crippen molar-refractivity contribution in [1.82, 2.24) is 9.97 Å². The van der Waals surface area contributed by atoms with Crippen LogP contribution < -0.4 is 5.32 Å². The summed E-state index contributed by atoms with van der Waals surface area (Å²) in [4.78, 5) is 9.12. The monoisotopic (exact) mass is 265 g/mol. The topological polar surface area (TPSA) is 51.0 Å². The molecule has 0 aliphatic rings. The van der Waals surface area contributed by atoms with Crippen molar-refractivity contribution in [2.24, 2.45) is 0 Å². The van der Waals surface area contributed by atoms with E-state index in [1.165, 1.54) is 0 Å². The van der Waals surface area contributed by atoms with Gasteiger partial charge in [0, 0.05) is 18.2 Å². The van der Waals surface area contributed by atoms with Gasteiger partial charge in [-0.1, -0.05) is 30.3 Å². The fourth-order valence-electron chi connectivity index (χ4n) is 1.99. The molecule has 0 radical (unpaired) electrons. The van der Waals surface area contributed by atoms with Crippen molar-refractivity contribution in [2.45, 2.75) is 6.92 Å². The molecule has 1 N–H and O–H groups in total. The molecule has 0 aliphatic heterocycles. The van der Waals surface area contributed by atoms with E-state index in [1.807, 2.05) is 55.5 Å². The van der Waals surface area contributed by atoms with Crippen LogP contribution in [0.5, 0.6) is 0 Å². The Bertz CT molecular complexity index is 678. The predicted octanol–water partition coefficient (Wildman–Crippen LogP) is 3.84. The number of furan rings is 1. The first-order valence-corrected chi connectivity index (χ1v) is 6.59. The predicted molar refractivity (Wildman–Crippen MR) is 79.3 cm³/mol. The highest BCUT2D eigenvalue weighted by Crippen LogP contribution is 2.24. The van der Waals surface area contributed by atoms with E-state index in [0.29, 0.717) is 5.82 Å². The highest BCUT2D eigenvalue weighted by Gasteiger charge is 2.09. The molecule has 2 aromatic heterocycles. The van der Waals surface area contributed by atoms with Crippen LogP contribution in [0.25, 0.3) is 22.8 Å². The summed E-state index contributed by atoms with van der Waals surface area (Å²) in [5, 5.41) is 3.23. The lowest BCUT2D eigenvalue weighted by Crippen LogP contribution is -2.02. The molecule has 1 aromatic carbocycles. The first-order valence-electron chi connectivity index (χ1n) is 6.59. The Kier molecular flexibility index (Phi) is 3.46. The van der Waals surface area contributed by atoms with Crippen molar-refractivity contribution >= 4 is 5.82 Å². The molecular formula is C16H15N3O. The summed E-state index contributed by atoms with van der Waals surface area (Å²) in [7, 11) is 0. The summed E-state index contributed by atoms with van der Waals surface area (Å²) >= 11 is 0. The van der Waals surface area contributed by atoms with Crippen molar-refractivity contribution in [3.05, 3.63) is 54.8 Å². The number of hydrogen-bond acceptors (Lipinski definition) is 4. The highest BCUT2D eigenvalue weighted by molar-refractivity contribution is 5.64. The average molecular weight is 265 g/mol. The minimum atomic E-state index is 0.690. The van der Waals surface area contributed by atoms with Gasteiger partial charge in [0.05, 0.1) is 6.26 Å². The van der Waals surface area contributed by atoms with Crippen molar-refractivity contribution in [3.8, 4) is 22.8 Å². The minimum Gasteiger partial charge on any atom is -0.463 e. The number of hydrogen-bond donors (Lipinski definition) is 1. The van der Waals surface area contributed by atoms with E-state index < -0.39 is 0 Å². The van der Waals surface area contributed by atoms with E-state index in [4.69, 9.17) is 4.42 Å². The second-order valence-corrected chi connectivity index (χ2v) is 4.34. The summed E-state index contributed by atoms with van der Waals surface area (Å²) < 4.78 is 5.43. The van der Waals surface area contributed by atoms with Gasteiger partial charge in [-0.05, 0) is 19.1 Å². The third-order valence-electron chi connectivity index (χ3n) is 2.89. The van der Waals surface area contributed by atoms with Gasteiger partial charge in [-0.15, -0.1) is 0 Å². The second kappa shape index (κ2) is 5.57.